The van der Waals surface area contributed by atoms with Gasteiger partial charge in [0.2, 0.25) is 11.8 Å². The van der Waals surface area contributed by atoms with E-state index in [2.05, 4.69) is 16.0 Å². The fraction of sp³-hybridized carbons (Fsp3) is 0.323. The lowest BCUT2D eigenvalue weighted by Gasteiger charge is -2.46. The lowest BCUT2D eigenvalue weighted by Crippen LogP contribution is -2.61. The number of hydrogen-bond acceptors (Lipinski definition) is 11. The molecule has 7 rings (SSSR count). The van der Waals surface area contributed by atoms with Crippen LogP contribution in [-0.2, 0) is 87.0 Å². The van der Waals surface area contributed by atoms with E-state index in [9.17, 15) is 19.2 Å². The third-order valence-electron chi connectivity index (χ3n) is 12.7. The fourth-order valence-electron chi connectivity index (χ4n) is 8.77. The minimum Gasteiger partial charge on any atom is -0.467 e. The first-order valence-electron chi connectivity index (χ1n) is 25.9. The molecule has 1 fully saturated rings. The van der Waals surface area contributed by atoms with Gasteiger partial charge in [-0.2, -0.15) is 0 Å². The van der Waals surface area contributed by atoms with Crippen LogP contribution in [-0.4, -0.2) is 86.7 Å². The average Bonchev–Trinajstić information content (AvgIpc) is 3.47. The molecule has 14 heteroatoms. The summed E-state index contributed by atoms with van der Waals surface area (Å²) in [6.07, 6.45) is 0.739. The number of methoxy groups -OCH3 is 1. The van der Waals surface area contributed by atoms with Crippen molar-refractivity contribution in [2.24, 2.45) is 0 Å². The summed E-state index contributed by atoms with van der Waals surface area (Å²) in [5.74, 6) is -1.73. The van der Waals surface area contributed by atoms with Crippen molar-refractivity contribution >= 4 is 23.9 Å². The summed E-state index contributed by atoms with van der Waals surface area (Å²) in [5.41, 5.74) is 5.58. The normalized spacial score (nSPS) is 18.0. The summed E-state index contributed by atoms with van der Waals surface area (Å²) in [6, 6.07) is 56.1. The Morgan fingerprint density at radius 2 is 0.987 bits per heavy atom. The van der Waals surface area contributed by atoms with E-state index in [1.165, 1.54) is 13.2 Å². The fourth-order valence-corrected chi connectivity index (χ4v) is 8.77. The molecule has 3 amide bonds. The molecule has 6 aromatic rings. The second-order valence-corrected chi connectivity index (χ2v) is 18.5. The smallest absolute Gasteiger partial charge is 0.407 e. The van der Waals surface area contributed by atoms with Crippen LogP contribution in [0.5, 0.6) is 0 Å². The number of nitrogens with one attached hydrogen (secondary N) is 3. The first-order valence-corrected chi connectivity index (χ1v) is 25.9. The highest BCUT2D eigenvalue weighted by atomic mass is 16.6. The predicted molar refractivity (Wildman–Crippen MR) is 288 cm³/mol. The third-order valence-corrected chi connectivity index (χ3v) is 12.7. The molecule has 0 aliphatic carbocycles. The summed E-state index contributed by atoms with van der Waals surface area (Å²) in [4.78, 5) is 53.6. The van der Waals surface area contributed by atoms with Gasteiger partial charge in [0.25, 0.3) is 0 Å². The first-order chi connectivity index (χ1) is 37.3. The van der Waals surface area contributed by atoms with Crippen LogP contribution in [0.15, 0.2) is 194 Å². The summed E-state index contributed by atoms with van der Waals surface area (Å²) < 4.78 is 44.3. The predicted octanol–water partition coefficient (Wildman–Crippen LogP) is 9.16. The van der Waals surface area contributed by atoms with Gasteiger partial charge in [0.1, 0.15) is 43.1 Å². The van der Waals surface area contributed by atoms with Crippen LogP contribution in [0.2, 0.25) is 0 Å². The number of unbranched alkanes of at least 4 members (excludes halogenated alkanes) is 1. The number of alkyl carbamates (subject to hydrolysis) is 1. The highest BCUT2D eigenvalue weighted by Gasteiger charge is 2.48. The minimum absolute atomic E-state index is 0.128. The van der Waals surface area contributed by atoms with Gasteiger partial charge in [-0.25, -0.2) is 9.59 Å². The molecule has 7 atom stereocenters. The van der Waals surface area contributed by atoms with E-state index in [0.717, 1.165) is 33.4 Å². The van der Waals surface area contributed by atoms with Gasteiger partial charge in [0.05, 0.1) is 46.2 Å². The van der Waals surface area contributed by atoms with Crippen molar-refractivity contribution in [1.82, 2.24) is 16.0 Å². The highest BCUT2D eigenvalue weighted by molar-refractivity contribution is 5.94. The minimum atomic E-state index is -1.05. The molecular weight excluding hydrogens is 963 g/mol. The second-order valence-electron chi connectivity index (χ2n) is 18.5. The molecular formula is C62H69N3O11. The van der Waals surface area contributed by atoms with Crippen molar-refractivity contribution in [2.45, 2.75) is 108 Å². The standard InChI is InChI=1S/C62H69N3O11/c1-70-61(68)53(39-46-23-8-2-9-24-46)65-60(67)52(35-20-21-38-63-62(69)75-44-51-33-18-7-19-34-51)64-56(66)37-22-36-54-57(72-41-48-27-12-4-13-28-48)59(74-43-50-31-16-6-17-32-50)58(73-42-49-29-14-5-15-30-49)55(76-54)45-71-40-47-25-10-3-11-26-47/h2-19,22-34,37,52-55,57-59H,20-21,35-36,38-45H2,1H3,(H,63,69)(H,64,66)(H,65,67)/b37-22+/t52-,53-,54+,55+,57-,58-,59+/m0/s1. The van der Waals surface area contributed by atoms with Crippen molar-refractivity contribution in [1.29, 1.82) is 0 Å². The molecule has 0 unspecified atom stereocenters. The van der Waals surface area contributed by atoms with Gasteiger partial charge in [-0.05, 0) is 65.1 Å². The van der Waals surface area contributed by atoms with E-state index >= 15 is 0 Å². The Kier molecular flexibility index (Phi) is 23.3. The lowest BCUT2D eigenvalue weighted by atomic mass is 9.92. The van der Waals surface area contributed by atoms with Gasteiger partial charge in [0, 0.05) is 13.0 Å². The number of amides is 3. The molecule has 3 N–H and O–H groups in total. The first kappa shape index (κ1) is 56.3. The largest absolute Gasteiger partial charge is 0.467 e. The van der Waals surface area contributed by atoms with Crippen LogP contribution in [0, 0.1) is 0 Å². The monoisotopic (exact) mass is 1030 g/mol. The Labute approximate surface area is 446 Å². The maximum atomic E-state index is 14.1. The quantitative estimate of drug-likeness (QED) is 0.0233. The summed E-state index contributed by atoms with van der Waals surface area (Å²) >= 11 is 0. The molecule has 6 aromatic carbocycles. The van der Waals surface area contributed by atoms with E-state index in [-0.39, 0.29) is 58.8 Å². The summed E-state index contributed by atoms with van der Waals surface area (Å²) in [6.45, 7) is 1.72. The molecule has 398 valence electrons. The Balaban J connectivity index is 1.09. The Morgan fingerprint density at radius 3 is 1.50 bits per heavy atom. The lowest BCUT2D eigenvalue weighted by molar-refractivity contribution is -0.271. The number of ether oxygens (including phenoxy) is 7. The van der Waals surface area contributed by atoms with Crippen LogP contribution in [0.4, 0.5) is 4.79 Å². The van der Waals surface area contributed by atoms with Crippen LogP contribution in [0.1, 0.15) is 59.1 Å². The van der Waals surface area contributed by atoms with Gasteiger partial charge in [-0.15, -0.1) is 0 Å². The number of hydrogen-bond donors (Lipinski definition) is 3. The van der Waals surface area contributed by atoms with Crippen molar-refractivity contribution in [3.05, 3.63) is 228 Å². The average molecular weight is 1030 g/mol. The maximum absolute atomic E-state index is 14.1. The SMILES string of the molecule is COC(=O)[C@H](Cc1ccccc1)NC(=O)[C@H](CCCCNC(=O)OCc1ccccc1)NC(=O)/C=C/C[C@H]1O[C@H](COCc2ccccc2)[C@H](OCc2ccccc2)[C@H](OCc2ccccc2)[C@H]1OCc1ccccc1. The zero-order chi connectivity index (χ0) is 53.0. The maximum Gasteiger partial charge on any atom is 0.407 e. The van der Waals surface area contributed by atoms with Crippen LogP contribution in [0.25, 0.3) is 0 Å². The molecule has 1 aliphatic heterocycles. The van der Waals surface area contributed by atoms with Gasteiger partial charge in [0.15, 0.2) is 0 Å². The van der Waals surface area contributed by atoms with Crippen LogP contribution >= 0.6 is 0 Å². The van der Waals surface area contributed by atoms with Gasteiger partial charge >= 0.3 is 12.1 Å². The van der Waals surface area contributed by atoms with Crippen LogP contribution in [0.3, 0.4) is 0 Å². The molecule has 14 nitrogen and oxygen atoms in total. The van der Waals surface area contributed by atoms with Crippen molar-refractivity contribution in [3.8, 4) is 0 Å². The second kappa shape index (κ2) is 31.4. The molecule has 1 saturated heterocycles. The number of carbonyl (C=O) groups excluding carboxylic acids is 4. The van der Waals surface area contributed by atoms with Gasteiger partial charge in [-0.1, -0.05) is 188 Å². The molecule has 1 heterocycles. The van der Waals surface area contributed by atoms with Crippen LogP contribution < -0.4 is 16.0 Å². The number of carbonyl (C=O) groups is 4. The zero-order valence-corrected chi connectivity index (χ0v) is 43.0. The topological polar surface area (TPSA) is 169 Å². The van der Waals surface area contributed by atoms with Crippen molar-refractivity contribution in [2.75, 3.05) is 20.3 Å². The molecule has 0 saturated carbocycles. The Bertz CT molecular complexity index is 2650. The zero-order valence-electron chi connectivity index (χ0n) is 43.0. The number of rotatable bonds is 29. The number of esters is 1. The highest BCUT2D eigenvalue weighted by Crippen LogP contribution is 2.33. The van der Waals surface area contributed by atoms with E-state index in [0.29, 0.717) is 19.4 Å². The number of benzene rings is 6. The third kappa shape index (κ3) is 19.0. The van der Waals surface area contributed by atoms with E-state index in [1.807, 2.05) is 182 Å². The molecule has 0 radical (unpaired) electrons. The molecule has 0 bridgehead atoms. The van der Waals surface area contributed by atoms with Crippen molar-refractivity contribution in [3.63, 3.8) is 0 Å². The van der Waals surface area contributed by atoms with E-state index in [4.69, 9.17) is 33.2 Å². The van der Waals surface area contributed by atoms with Gasteiger partial charge < -0.3 is 49.1 Å². The summed E-state index contributed by atoms with van der Waals surface area (Å²) in [7, 11) is 1.26. The Hall–Kier alpha value is -7.46. The van der Waals surface area contributed by atoms with E-state index in [1.54, 1.807) is 6.08 Å². The van der Waals surface area contributed by atoms with E-state index < -0.39 is 66.5 Å². The van der Waals surface area contributed by atoms with Gasteiger partial charge in [-0.3, -0.25) is 9.59 Å². The molecule has 1 aliphatic rings. The molecule has 76 heavy (non-hydrogen) atoms. The molecule has 0 spiro atoms. The Morgan fingerprint density at radius 1 is 0.526 bits per heavy atom. The summed E-state index contributed by atoms with van der Waals surface area (Å²) in [5, 5.41) is 8.45. The van der Waals surface area contributed by atoms with Crippen molar-refractivity contribution < 1.29 is 52.3 Å². The molecule has 0 aromatic heterocycles.